The van der Waals surface area contributed by atoms with Crippen molar-refractivity contribution in [2.75, 3.05) is 6.61 Å². The molecule has 96 valence electrons. The van der Waals surface area contributed by atoms with Gasteiger partial charge in [-0.15, -0.1) is 0 Å². The van der Waals surface area contributed by atoms with Crippen LogP contribution >= 0.6 is 11.6 Å². The average molecular weight is 290 g/mol. The van der Waals surface area contributed by atoms with Crippen molar-refractivity contribution >= 4 is 21.7 Å². The number of nitrogens with zero attached hydrogens (tertiary/aromatic N) is 1. The number of halogens is 4. The normalized spacial score (nSPS) is 12.8. The van der Waals surface area contributed by atoms with E-state index in [1.807, 2.05) is 0 Å². The van der Waals surface area contributed by atoms with Crippen LogP contribution in [-0.4, -0.2) is 26.2 Å². The third-order valence-corrected chi connectivity index (χ3v) is 3.28. The molecule has 0 aliphatic heterocycles. The lowest BCUT2D eigenvalue weighted by atomic mass is 10.3. The number of pyridine rings is 1. The first kappa shape index (κ1) is 14.2. The summed E-state index contributed by atoms with van der Waals surface area (Å²) in [7, 11) is -4.47. The van der Waals surface area contributed by atoms with Crippen LogP contribution in [0.15, 0.2) is 17.2 Å². The second-order valence-corrected chi connectivity index (χ2v) is 5.08. The van der Waals surface area contributed by atoms with Gasteiger partial charge in [0.25, 0.3) is 10.1 Å². The first-order valence-electron chi connectivity index (χ1n) is 4.20. The quantitative estimate of drug-likeness (QED) is 0.633. The molecule has 4 nitrogen and oxygen atoms in total. The maximum Gasteiger partial charge on any atom is 0.413 e. The minimum atomic E-state index is -4.72. The third kappa shape index (κ3) is 4.14. The molecule has 0 bridgehead atoms. The summed E-state index contributed by atoms with van der Waals surface area (Å²) >= 11 is 5.55. The Morgan fingerprint density at radius 3 is 2.53 bits per heavy atom. The highest BCUT2D eigenvalue weighted by Crippen LogP contribution is 2.21. The molecule has 0 saturated heterocycles. The number of alkyl halides is 3. The van der Waals surface area contributed by atoms with Gasteiger partial charge in [-0.05, 0) is 18.6 Å². The zero-order chi connectivity index (χ0) is 13.3. The van der Waals surface area contributed by atoms with Gasteiger partial charge in [0.1, 0.15) is 10.0 Å². The number of aryl methyl sites for hydroxylation is 1. The highest BCUT2D eigenvalue weighted by atomic mass is 35.5. The monoisotopic (exact) mass is 289 g/mol. The van der Waals surface area contributed by atoms with E-state index in [4.69, 9.17) is 11.6 Å². The molecule has 0 unspecified atom stereocenters. The van der Waals surface area contributed by atoms with Gasteiger partial charge in [-0.3, -0.25) is 4.18 Å². The Morgan fingerprint density at radius 2 is 2.06 bits per heavy atom. The van der Waals surface area contributed by atoms with Gasteiger partial charge in [0.2, 0.25) is 0 Å². The second kappa shape index (κ2) is 4.79. The fourth-order valence-corrected chi connectivity index (χ4v) is 1.91. The van der Waals surface area contributed by atoms with Gasteiger partial charge in [-0.1, -0.05) is 11.6 Å². The summed E-state index contributed by atoms with van der Waals surface area (Å²) < 4.78 is 62.0. The molecule has 0 spiro atoms. The van der Waals surface area contributed by atoms with Crippen LogP contribution in [0.4, 0.5) is 13.2 Å². The van der Waals surface area contributed by atoms with Crippen molar-refractivity contribution < 1.29 is 25.8 Å². The molecule has 0 atom stereocenters. The zero-order valence-corrected chi connectivity index (χ0v) is 10.0. The lowest BCUT2D eigenvalue weighted by molar-refractivity contribution is -0.152. The van der Waals surface area contributed by atoms with Crippen LogP contribution in [0.25, 0.3) is 0 Å². The Hall–Kier alpha value is -0.860. The van der Waals surface area contributed by atoms with E-state index >= 15 is 0 Å². The van der Waals surface area contributed by atoms with E-state index < -0.39 is 27.8 Å². The van der Waals surface area contributed by atoms with Crippen molar-refractivity contribution in [2.45, 2.75) is 18.0 Å². The van der Waals surface area contributed by atoms with Gasteiger partial charge in [0, 0.05) is 6.20 Å². The molecule has 0 aliphatic rings. The standard InChI is InChI=1S/C8H7ClF3NO3S/c1-5-2-6(3-13-7(5)9)17(14,15)16-4-8(10,11)12/h2-3H,4H2,1H3. The number of rotatable bonds is 3. The fraction of sp³-hybridized carbons (Fsp3) is 0.375. The van der Waals surface area contributed by atoms with Gasteiger partial charge in [-0.2, -0.15) is 21.6 Å². The number of hydrogen-bond acceptors (Lipinski definition) is 4. The zero-order valence-electron chi connectivity index (χ0n) is 8.45. The van der Waals surface area contributed by atoms with Crippen LogP contribution in [-0.2, 0) is 14.3 Å². The highest BCUT2D eigenvalue weighted by molar-refractivity contribution is 7.86. The van der Waals surface area contributed by atoms with Gasteiger partial charge < -0.3 is 0 Å². The van der Waals surface area contributed by atoms with Gasteiger partial charge >= 0.3 is 6.18 Å². The molecule has 0 aliphatic carbocycles. The van der Waals surface area contributed by atoms with E-state index in [-0.39, 0.29) is 5.15 Å². The Kier molecular flexibility index (Phi) is 4.00. The average Bonchev–Trinajstić information content (AvgIpc) is 2.18. The predicted octanol–water partition coefficient (Wildman–Crippen LogP) is 2.31. The summed E-state index contributed by atoms with van der Waals surface area (Å²) in [6, 6.07) is 1.08. The Labute approximate surface area is 100 Å². The van der Waals surface area contributed by atoms with Crippen LogP contribution in [0, 0.1) is 6.92 Å². The summed E-state index contributed by atoms with van der Waals surface area (Å²) in [5, 5.41) is 0.0692. The molecular weight excluding hydrogens is 283 g/mol. The van der Waals surface area contributed by atoms with E-state index in [1.54, 1.807) is 0 Å². The van der Waals surface area contributed by atoms with E-state index in [1.165, 1.54) is 6.92 Å². The Morgan fingerprint density at radius 1 is 1.47 bits per heavy atom. The van der Waals surface area contributed by atoms with Gasteiger partial charge in [0.05, 0.1) is 0 Å². The molecule has 1 heterocycles. The lowest BCUT2D eigenvalue weighted by Crippen LogP contribution is -2.20. The van der Waals surface area contributed by atoms with E-state index in [2.05, 4.69) is 9.17 Å². The first-order chi connectivity index (χ1) is 7.62. The molecule has 0 fully saturated rings. The summed E-state index contributed by atoms with van der Waals surface area (Å²) in [4.78, 5) is 3.05. The summed E-state index contributed by atoms with van der Waals surface area (Å²) in [6.45, 7) is -0.408. The number of hydrogen-bond donors (Lipinski definition) is 0. The second-order valence-electron chi connectivity index (χ2n) is 3.11. The molecule has 0 radical (unpaired) electrons. The van der Waals surface area contributed by atoms with Crippen LogP contribution in [0.1, 0.15) is 5.56 Å². The smallest absolute Gasteiger partial charge is 0.257 e. The Balaban J connectivity index is 2.94. The topological polar surface area (TPSA) is 56.3 Å². The molecule has 0 N–H and O–H groups in total. The fourth-order valence-electron chi connectivity index (χ4n) is 0.881. The van der Waals surface area contributed by atoms with Crippen molar-refractivity contribution in [2.24, 2.45) is 0 Å². The van der Waals surface area contributed by atoms with Crippen molar-refractivity contribution in [3.05, 3.63) is 23.0 Å². The maximum absolute atomic E-state index is 11.8. The Bertz CT molecular complexity index is 515. The van der Waals surface area contributed by atoms with E-state index in [0.29, 0.717) is 5.56 Å². The number of aromatic nitrogens is 1. The van der Waals surface area contributed by atoms with E-state index in [0.717, 1.165) is 12.3 Å². The molecule has 0 amide bonds. The summed E-state index contributed by atoms with van der Waals surface area (Å²) in [6.07, 6.45) is -3.89. The van der Waals surface area contributed by atoms with Crippen LogP contribution in [0.2, 0.25) is 5.15 Å². The van der Waals surface area contributed by atoms with Crippen LogP contribution < -0.4 is 0 Å². The van der Waals surface area contributed by atoms with Crippen molar-refractivity contribution in [3.63, 3.8) is 0 Å². The minimum Gasteiger partial charge on any atom is -0.257 e. The van der Waals surface area contributed by atoms with Gasteiger partial charge in [0.15, 0.2) is 6.61 Å². The van der Waals surface area contributed by atoms with Crippen molar-refractivity contribution in [3.8, 4) is 0 Å². The highest BCUT2D eigenvalue weighted by Gasteiger charge is 2.31. The molecule has 17 heavy (non-hydrogen) atoms. The van der Waals surface area contributed by atoms with Crippen LogP contribution in [0.5, 0.6) is 0 Å². The van der Waals surface area contributed by atoms with Crippen molar-refractivity contribution in [1.29, 1.82) is 0 Å². The molecule has 0 saturated carbocycles. The van der Waals surface area contributed by atoms with Gasteiger partial charge in [-0.25, -0.2) is 4.98 Å². The molecule has 1 aromatic rings. The molecule has 1 rings (SSSR count). The SMILES string of the molecule is Cc1cc(S(=O)(=O)OCC(F)(F)F)cnc1Cl. The predicted molar refractivity (Wildman–Crippen MR) is 53.2 cm³/mol. The van der Waals surface area contributed by atoms with E-state index in [9.17, 15) is 21.6 Å². The lowest BCUT2D eigenvalue weighted by Gasteiger charge is -2.08. The molecule has 1 aromatic heterocycles. The minimum absolute atomic E-state index is 0.0692. The maximum atomic E-state index is 11.8. The summed E-state index contributed by atoms with van der Waals surface area (Å²) in [5.74, 6) is 0. The largest absolute Gasteiger partial charge is 0.413 e. The molecule has 9 heteroatoms. The summed E-state index contributed by atoms with van der Waals surface area (Å²) in [5.41, 5.74) is 0.323. The molecule has 0 aromatic carbocycles. The first-order valence-corrected chi connectivity index (χ1v) is 5.99. The van der Waals surface area contributed by atoms with Crippen molar-refractivity contribution in [1.82, 2.24) is 4.98 Å². The molecular formula is C8H7ClF3NO3S. The van der Waals surface area contributed by atoms with Crippen LogP contribution in [0.3, 0.4) is 0 Å². The third-order valence-electron chi connectivity index (χ3n) is 1.66.